The average Bonchev–Trinajstić information content (AvgIpc) is 2.84. The first kappa shape index (κ1) is 16.9. The van der Waals surface area contributed by atoms with Crippen LogP contribution < -0.4 is 11.1 Å². The zero-order valence-electron chi connectivity index (χ0n) is 13.6. The molecule has 2 aromatic rings. The lowest BCUT2D eigenvalue weighted by molar-refractivity contribution is -0.117. The van der Waals surface area contributed by atoms with Gasteiger partial charge in [-0.05, 0) is 37.5 Å². The number of carbonyl (C=O) groups excluding carboxylic acids is 1. The smallest absolute Gasteiger partial charge is 0.241 e. The largest absolute Gasteiger partial charge is 0.342 e. The summed E-state index contributed by atoms with van der Waals surface area (Å²) >= 11 is 0. The minimum absolute atomic E-state index is 0.1000. The highest BCUT2D eigenvalue weighted by Crippen LogP contribution is 2.35. The minimum atomic E-state index is -3.13. The van der Waals surface area contributed by atoms with Crippen LogP contribution in [0.15, 0.2) is 18.2 Å². The average molecular weight is 350 g/mol. The van der Waals surface area contributed by atoms with Gasteiger partial charge in [-0.15, -0.1) is 0 Å². The SMILES string of the molecule is CS(=O)(=O)CCC(N)C(=O)Nc1ccc2nc(C3CCC3)[nH]c2c1. The zero-order chi connectivity index (χ0) is 17.3. The van der Waals surface area contributed by atoms with E-state index in [2.05, 4.69) is 15.3 Å². The van der Waals surface area contributed by atoms with Gasteiger partial charge < -0.3 is 16.0 Å². The summed E-state index contributed by atoms with van der Waals surface area (Å²) in [7, 11) is -3.13. The van der Waals surface area contributed by atoms with E-state index >= 15 is 0 Å². The Morgan fingerprint density at radius 3 is 2.83 bits per heavy atom. The van der Waals surface area contributed by atoms with Gasteiger partial charge in [0, 0.05) is 17.9 Å². The highest BCUT2D eigenvalue weighted by atomic mass is 32.2. The predicted octanol–water partition coefficient (Wildman–Crippen LogP) is 1.53. The van der Waals surface area contributed by atoms with Crippen LogP contribution in [0.1, 0.15) is 37.4 Å². The van der Waals surface area contributed by atoms with Crippen molar-refractivity contribution >= 4 is 32.5 Å². The Morgan fingerprint density at radius 1 is 1.46 bits per heavy atom. The number of benzene rings is 1. The maximum absolute atomic E-state index is 12.1. The van der Waals surface area contributed by atoms with Crippen molar-refractivity contribution in [3.05, 3.63) is 24.0 Å². The van der Waals surface area contributed by atoms with Gasteiger partial charge in [0.25, 0.3) is 0 Å². The fourth-order valence-corrected chi connectivity index (χ4v) is 3.37. The second kappa shape index (κ2) is 6.52. The fraction of sp³-hybridized carbons (Fsp3) is 0.500. The number of carbonyl (C=O) groups is 1. The van der Waals surface area contributed by atoms with E-state index in [4.69, 9.17) is 5.73 Å². The molecule has 1 atom stereocenters. The van der Waals surface area contributed by atoms with Crippen LogP contribution in [0.3, 0.4) is 0 Å². The molecule has 3 rings (SSSR count). The molecule has 1 fully saturated rings. The lowest BCUT2D eigenvalue weighted by atomic mass is 9.85. The molecule has 1 amide bonds. The molecule has 1 aliphatic rings. The summed E-state index contributed by atoms with van der Waals surface area (Å²) in [6.07, 6.45) is 4.80. The third-order valence-electron chi connectivity index (χ3n) is 4.40. The van der Waals surface area contributed by atoms with Crippen molar-refractivity contribution in [1.29, 1.82) is 0 Å². The number of aromatic nitrogens is 2. The molecule has 1 heterocycles. The Hall–Kier alpha value is -1.93. The molecule has 1 aromatic heterocycles. The van der Waals surface area contributed by atoms with Gasteiger partial charge in [0.15, 0.2) is 0 Å². The van der Waals surface area contributed by atoms with Gasteiger partial charge in [-0.2, -0.15) is 0 Å². The Kier molecular flexibility index (Phi) is 4.60. The number of sulfone groups is 1. The number of aromatic amines is 1. The van der Waals surface area contributed by atoms with E-state index in [9.17, 15) is 13.2 Å². The van der Waals surface area contributed by atoms with Crippen LogP contribution in [0.4, 0.5) is 5.69 Å². The second-order valence-electron chi connectivity index (χ2n) is 6.50. The summed E-state index contributed by atoms with van der Waals surface area (Å²) in [5, 5.41) is 2.73. The Labute approximate surface area is 140 Å². The number of imidazole rings is 1. The van der Waals surface area contributed by atoms with Crippen molar-refractivity contribution in [3.63, 3.8) is 0 Å². The number of nitrogens with zero attached hydrogens (tertiary/aromatic N) is 1. The van der Waals surface area contributed by atoms with Crippen LogP contribution in [0, 0.1) is 0 Å². The molecule has 1 aromatic carbocycles. The molecule has 8 heteroatoms. The molecule has 130 valence electrons. The third-order valence-corrected chi connectivity index (χ3v) is 5.37. The van der Waals surface area contributed by atoms with Crippen LogP contribution in [0.25, 0.3) is 11.0 Å². The molecule has 0 saturated heterocycles. The minimum Gasteiger partial charge on any atom is -0.342 e. The number of H-pyrrole nitrogens is 1. The number of nitrogens with one attached hydrogen (secondary N) is 2. The van der Waals surface area contributed by atoms with E-state index in [1.54, 1.807) is 6.07 Å². The van der Waals surface area contributed by atoms with E-state index in [0.717, 1.165) is 23.1 Å². The van der Waals surface area contributed by atoms with Crippen LogP contribution in [-0.2, 0) is 14.6 Å². The van der Waals surface area contributed by atoms with Gasteiger partial charge in [0.05, 0.1) is 22.8 Å². The van der Waals surface area contributed by atoms with Gasteiger partial charge in [-0.25, -0.2) is 13.4 Å². The molecule has 24 heavy (non-hydrogen) atoms. The number of amides is 1. The molecule has 4 N–H and O–H groups in total. The van der Waals surface area contributed by atoms with Gasteiger partial charge in [-0.3, -0.25) is 4.79 Å². The number of hydrogen-bond acceptors (Lipinski definition) is 5. The molecule has 1 aliphatic carbocycles. The number of fused-ring (bicyclic) bond motifs is 1. The Balaban J connectivity index is 1.66. The summed E-state index contributed by atoms with van der Waals surface area (Å²) in [4.78, 5) is 20.0. The summed E-state index contributed by atoms with van der Waals surface area (Å²) in [5.41, 5.74) is 8.12. The molecule has 1 saturated carbocycles. The summed E-state index contributed by atoms with van der Waals surface area (Å²) in [6, 6.07) is 4.59. The lowest BCUT2D eigenvalue weighted by Crippen LogP contribution is -2.37. The summed E-state index contributed by atoms with van der Waals surface area (Å²) in [6.45, 7) is 0. The number of hydrogen-bond donors (Lipinski definition) is 3. The topological polar surface area (TPSA) is 118 Å². The first-order chi connectivity index (χ1) is 11.3. The molecule has 7 nitrogen and oxygen atoms in total. The Bertz CT molecular complexity index is 855. The fourth-order valence-electron chi connectivity index (χ4n) is 2.69. The van der Waals surface area contributed by atoms with Crippen molar-refractivity contribution in [2.75, 3.05) is 17.3 Å². The van der Waals surface area contributed by atoms with Crippen molar-refractivity contribution in [1.82, 2.24) is 9.97 Å². The van der Waals surface area contributed by atoms with Gasteiger partial charge >= 0.3 is 0 Å². The van der Waals surface area contributed by atoms with E-state index in [1.165, 1.54) is 19.3 Å². The van der Waals surface area contributed by atoms with Gasteiger partial charge in [0.1, 0.15) is 15.7 Å². The molecule has 0 aliphatic heterocycles. The molecule has 0 bridgehead atoms. The Morgan fingerprint density at radius 2 is 2.21 bits per heavy atom. The standard InChI is InChI=1S/C16H22N4O3S/c1-24(22,23)8-7-12(17)16(21)18-11-5-6-13-14(9-11)20-15(19-13)10-3-2-4-10/h5-6,9-10,12H,2-4,7-8,17H2,1H3,(H,18,21)(H,19,20). The zero-order valence-corrected chi connectivity index (χ0v) is 14.4. The lowest BCUT2D eigenvalue weighted by Gasteiger charge is -2.22. The maximum Gasteiger partial charge on any atom is 0.241 e. The number of anilines is 1. The first-order valence-electron chi connectivity index (χ1n) is 8.06. The van der Waals surface area contributed by atoms with E-state index in [1.807, 2.05) is 12.1 Å². The second-order valence-corrected chi connectivity index (χ2v) is 8.76. The maximum atomic E-state index is 12.1. The number of rotatable bonds is 6. The molecular formula is C16H22N4O3S. The molecule has 1 unspecified atom stereocenters. The summed E-state index contributed by atoms with van der Waals surface area (Å²) < 4.78 is 22.3. The van der Waals surface area contributed by atoms with Crippen LogP contribution in [-0.4, -0.2) is 42.3 Å². The van der Waals surface area contributed by atoms with Crippen molar-refractivity contribution in [3.8, 4) is 0 Å². The van der Waals surface area contributed by atoms with Gasteiger partial charge in [-0.1, -0.05) is 6.42 Å². The molecular weight excluding hydrogens is 328 g/mol. The monoisotopic (exact) mass is 350 g/mol. The van der Waals surface area contributed by atoms with Crippen molar-refractivity contribution in [2.24, 2.45) is 5.73 Å². The highest BCUT2D eigenvalue weighted by Gasteiger charge is 2.23. The van der Waals surface area contributed by atoms with E-state index < -0.39 is 21.8 Å². The molecule has 0 spiro atoms. The van der Waals surface area contributed by atoms with Crippen molar-refractivity contribution in [2.45, 2.75) is 37.6 Å². The normalized spacial score (nSPS) is 16.8. The van der Waals surface area contributed by atoms with Crippen molar-refractivity contribution < 1.29 is 13.2 Å². The van der Waals surface area contributed by atoms with Gasteiger partial charge in [0.2, 0.25) is 5.91 Å². The van der Waals surface area contributed by atoms with Crippen LogP contribution in [0.5, 0.6) is 0 Å². The quantitative estimate of drug-likeness (QED) is 0.730. The highest BCUT2D eigenvalue weighted by molar-refractivity contribution is 7.90. The van der Waals surface area contributed by atoms with Crippen LogP contribution in [0.2, 0.25) is 0 Å². The van der Waals surface area contributed by atoms with Crippen LogP contribution >= 0.6 is 0 Å². The summed E-state index contributed by atoms with van der Waals surface area (Å²) in [5.74, 6) is 1.02. The van der Waals surface area contributed by atoms with E-state index in [0.29, 0.717) is 11.6 Å². The number of nitrogens with two attached hydrogens (primary N) is 1. The third kappa shape index (κ3) is 3.93. The predicted molar refractivity (Wildman–Crippen MR) is 93.6 cm³/mol. The first-order valence-corrected chi connectivity index (χ1v) is 10.1. The van der Waals surface area contributed by atoms with E-state index in [-0.39, 0.29) is 12.2 Å². The molecule has 0 radical (unpaired) electrons.